The summed E-state index contributed by atoms with van der Waals surface area (Å²) in [5.41, 5.74) is 1.17. The van der Waals surface area contributed by atoms with Crippen molar-refractivity contribution in [2.24, 2.45) is 0 Å². The highest BCUT2D eigenvalue weighted by atomic mass is 35.5. The van der Waals surface area contributed by atoms with Crippen LogP contribution in [0.5, 0.6) is 0 Å². The molecule has 0 radical (unpaired) electrons. The Labute approximate surface area is 98.9 Å². The van der Waals surface area contributed by atoms with Crippen LogP contribution < -0.4 is 4.90 Å². The second kappa shape index (κ2) is 4.90. The predicted molar refractivity (Wildman–Crippen MR) is 63.4 cm³/mol. The van der Waals surface area contributed by atoms with Crippen molar-refractivity contribution in [2.45, 2.75) is 6.54 Å². The van der Waals surface area contributed by atoms with E-state index >= 15 is 0 Å². The van der Waals surface area contributed by atoms with E-state index in [1.54, 1.807) is 18.6 Å². The number of hydrogen-bond donors (Lipinski definition) is 0. The lowest BCUT2D eigenvalue weighted by Crippen LogP contribution is -2.17. The summed E-state index contributed by atoms with van der Waals surface area (Å²) in [5.74, 6) is 0.754. The highest BCUT2D eigenvalue weighted by Crippen LogP contribution is 2.13. The van der Waals surface area contributed by atoms with Crippen LogP contribution in [0.1, 0.15) is 5.56 Å². The lowest BCUT2D eigenvalue weighted by molar-refractivity contribution is 0.888. The summed E-state index contributed by atoms with van der Waals surface area (Å²) in [5, 5.41) is 0.402. The van der Waals surface area contributed by atoms with E-state index in [4.69, 9.17) is 11.6 Å². The van der Waals surface area contributed by atoms with Crippen molar-refractivity contribution in [2.75, 3.05) is 11.9 Å². The van der Waals surface area contributed by atoms with E-state index in [1.807, 2.05) is 24.1 Å². The molecule has 2 heterocycles. The summed E-state index contributed by atoms with van der Waals surface area (Å²) in [7, 11) is 1.95. The summed E-state index contributed by atoms with van der Waals surface area (Å²) < 4.78 is 0. The molecule has 0 atom stereocenters. The Morgan fingerprint density at radius 3 is 2.62 bits per heavy atom. The van der Waals surface area contributed by atoms with E-state index in [0.717, 1.165) is 12.4 Å². The molecule has 0 unspecified atom stereocenters. The fourth-order valence-electron chi connectivity index (χ4n) is 1.36. The summed E-state index contributed by atoms with van der Waals surface area (Å²) >= 11 is 5.78. The number of hydrogen-bond acceptors (Lipinski definition) is 4. The molecule has 0 aliphatic carbocycles. The molecule has 0 aliphatic heterocycles. The van der Waals surface area contributed by atoms with Gasteiger partial charge in [-0.15, -0.1) is 0 Å². The second-order valence-electron chi connectivity index (χ2n) is 3.41. The highest BCUT2D eigenvalue weighted by Gasteiger charge is 2.04. The van der Waals surface area contributed by atoms with Crippen LogP contribution in [0.3, 0.4) is 0 Å². The Balaban J connectivity index is 2.12. The molecule has 0 saturated heterocycles. The zero-order valence-electron chi connectivity index (χ0n) is 8.84. The number of halogens is 1. The lowest BCUT2D eigenvalue weighted by atomic mass is 10.2. The Morgan fingerprint density at radius 2 is 1.94 bits per heavy atom. The quantitative estimate of drug-likeness (QED) is 0.816. The molecule has 0 fully saturated rings. The van der Waals surface area contributed by atoms with Gasteiger partial charge in [-0.2, -0.15) is 0 Å². The van der Waals surface area contributed by atoms with Gasteiger partial charge < -0.3 is 4.90 Å². The van der Waals surface area contributed by atoms with Gasteiger partial charge in [0.05, 0.1) is 12.4 Å². The van der Waals surface area contributed by atoms with Gasteiger partial charge in [-0.05, 0) is 17.7 Å². The zero-order valence-corrected chi connectivity index (χ0v) is 9.59. The van der Waals surface area contributed by atoms with Crippen LogP contribution in [0.15, 0.2) is 36.9 Å². The van der Waals surface area contributed by atoms with Gasteiger partial charge in [0.15, 0.2) is 0 Å². The topological polar surface area (TPSA) is 41.9 Å². The van der Waals surface area contributed by atoms with E-state index in [-0.39, 0.29) is 0 Å². The first-order chi connectivity index (χ1) is 7.75. The summed E-state index contributed by atoms with van der Waals surface area (Å²) in [6.45, 7) is 0.748. The van der Waals surface area contributed by atoms with Gasteiger partial charge in [-0.25, -0.2) is 4.98 Å². The minimum atomic E-state index is 0.402. The van der Waals surface area contributed by atoms with Gasteiger partial charge in [-0.1, -0.05) is 11.6 Å². The number of aromatic nitrogens is 3. The van der Waals surface area contributed by atoms with E-state index < -0.39 is 0 Å². The van der Waals surface area contributed by atoms with Crippen LogP contribution in [0.4, 0.5) is 5.82 Å². The molecule has 82 valence electrons. The Hall–Kier alpha value is -1.68. The van der Waals surface area contributed by atoms with Crippen molar-refractivity contribution < 1.29 is 0 Å². The van der Waals surface area contributed by atoms with Crippen LogP contribution in [-0.2, 0) is 6.54 Å². The van der Waals surface area contributed by atoms with Gasteiger partial charge in [-0.3, -0.25) is 9.97 Å². The first kappa shape index (κ1) is 10.8. The van der Waals surface area contributed by atoms with E-state index in [9.17, 15) is 0 Å². The monoisotopic (exact) mass is 234 g/mol. The molecule has 0 spiro atoms. The van der Waals surface area contributed by atoms with Crippen LogP contribution >= 0.6 is 11.6 Å². The molecule has 0 aromatic carbocycles. The first-order valence-corrected chi connectivity index (χ1v) is 5.21. The van der Waals surface area contributed by atoms with Gasteiger partial charge in [0, 0.05) is 26.0 Å². The largest absolute Gasteiger partial charge is 0.354 e. The fraction of sp³-hybridized carbons (Fsp3) is 0.182. The van der Waals surface area contributed by atoms with E-state index in [1.165, 1.54) is 11.8 Å². The van der Waals surface area contributed by atoms with Crippen molar-refractivity contribution in [3.63, 3.8) is 0 Å². The molecule has 2 rings (SSSR count). The average molecular weight is 235 g/mol. The molecule has 4 nitrogen and oxygen atoms in total. The number of pyridine rings is 1. The maximum atomic E-state index is 5.78. The predicted octanol–water partition coefficient (Wildman–Crippen LogP) is 2.16. The number of rotatable bonds is 3. The molecule has 0 aliphatic rings. The molecule has 0 bridgehead atoms. The minimum absolute atomic E-state index is 0.402. The van der Waals surface area contributed by atoms with Crippen molar-refractivity contribution in [3.8, 4) is 0 Å². The van der Waals surface area contributed by atoms with Crippen LogP contribution in [0.25, 0.3) is 0 Å². The van der Waals surface area contributed by atoms with Crippen molar-refractivity contribution in [1.29, 1.82) is 0 Å². The summed E-state index contributed by atoms with van der Waals surface area (Å²) in [6, 6.07) is 3.93. The van der Waals surface area contributed by atoms with E-state index in [0.29, 0.717) is 5.15 Å². The molecule has 5 heteroatoms. The van der Waals surface area contributed by atoms with Gasteiger partial charge in [0.1, 0.15) is 11.0 Å². The second-order valence-corrected chi connectivity index (χ2v) is 3.80. The summed E-state index contributed by atoms with van der Waals surface area (Å²) in [4.78, 5) is 14.1. The standard InChI is InChI=1S/C11H11ClN4/c1-16(8-9-2-4-13-5-3-9)11-7-14-6-10(12)15-11/h2-7H,8H2,1H3. The third kappa shape index (κ3) is 2.67. The first-order valence-electron chi connectivity index (χ1n) is 4.83. The Morgan fingerprint density at radius 1 is 1.19 bits per heavy atom. The van der Waals surface area contributed by atoms with Gasteiger partial charge >= 0.3 is 0 Å². The third-order valence-corrected chi connectivity index (χ3v) is 2.33. The normalized spacial score (nSPS) is 10.1. The molecule has 2 aromatic heterocycles. The maximum absolute atomic E-state index is 5.78. The molecule has 0 saturated carbocycles. The average Bonchev–Trinajstić information content (AvgIpc) is 2.30. The molecule has 2 aromatic rings. The smallest absolute Gasteiger partial charge is 0.149 e. The molecular formula is C11H11ClN4. The Kier molecular flexibility index (Phi) is 3.31. The SMILES string of the molecule is CN(Cc1ccncc1)c1cncc(Cl)n1. The number of anilines is 1. The van der Waals surface area contributed by atoms with E-state index in [2.05, 4.69) is 15.0 Å². The van der Waals surface area contributed by atoms with Crippen molar-refractivity contribution in [1.82, 2.24) is 15.0 Å². The maximum Gasteiger partial charge on any atom is 0.149 e. The lowest BCUT2D eigenvalue weighted by Gasteiger charge is -2.17. The third-order valence-electron chi connectivity index (χ3n) is 2.15. The van der Waals surface area contributed by atoms with Crippen LogP contribution in [0.2, 0.25) is 5.15 Å². The zero-order chi connectivity index (χ0) is 11.4. The number of nitrogens with zero attached hydrogens (tertiary/aromatic N) is 4. The van der Waals surface area contributed by atoms with Crippen LogP contribution in [0, 0.1) is 0 Å². The molecular weight excluding hydrogens is 224 g/mol. The van der Waals surface area contributed by atoms with Gasteiger partial charge in [0.25, 0.3) is 0 Å². The highest BCUT2D eigenvalue weighted by molar-refractivity contribution is 6.29. The molecule has 0 amide bonds. The molecule has 0 N–H and O–H groups in total. The Bertz CT molecular complexity index is 461. The summed E-state index contributed by atoms with van der Waals surface area (Å²) in [6.07, 6.45) is 6.75. The van der Waals surface area contributed by atoms with Gasteiger partial charge in [0.2, 0.25) is 0 Å². The fourth-order valence-corrected chi connectivity index (χ4v) is 1.50. The van der Waals surface area contributed by atoms with Crippen LogP contribution in [-0.4, -0.2) is 22.0 Å². The molecule has 16 heavy (non-hydrogen) atoms. The van der Waals surface area contributed by atoms with Crippen molar-refractivity contribution >= 4 is 17.4 Å². The minimum Gasteiger partial charge on any atom is -0.354 e. The van der Waals surface area contributed by atoms with Crippen molar-refractivity contribution in [3.05, 3.63) is 47.6 Å².